The standard InChI is InChI=1S/C14H19ClN2O4/c1-20-11-2-3-13(12(15)8-11)21-7-4-10-9-17(14(18)19)6-5-16-10/h2-3,8,10,16H,4-7,9H2,1H3,(H,18,19)/t10-/m1/s1. The third-order valence-electron chi connectivity index (χ3n) is 3.39. The van der Waals surface area contributed by atoms with Crippen LogP contribution in [-0.2, 0) is 0 Å². The number of rotatable bonds is 5. The third kappa shape index (κ3) is 4.41. The molecule has 0 unspecified atom stereocenters. The van der Waals surface area contributed by atoms with E-state index in [9.17, 15) is 4.79 Å². The van der Waals surface area contributed by atoms with E-state index in [4.69, 9.17) is 26.2 Å². The fraction of sp³-hybridized carbons (Fsp3) is 0.500. The van der Waals surface area contributed by atoms with E-state index in [0.717, 1.165) is 0 Å². The number of hydrogen-bond acceptors (Lipinski definition) is 4. The monoisotopic (exact) mass is 314 g/mol. The zero-order valence-corrected chi connectivity index (χ0v) is 12.6. The number of piperazine rings is 1. The Morgan fingerprint density at radius 3 is 3.05 bits per heavy atom. The topological polar surface area (TPSA) is 71.0 Å². The second-order valence-corrected chi connectivity index (χ2v) is 5.22. The first kappa shape index (κ1) is 15.7. The highest BCUT2D eigenvalue weighted by Crippen LogP contribution is 2.28. The molecule has 6 nitrogen and oxygen atoms in total. The first-order chi connectivity index (χ1) is 10.1. The van der Waals surface area contributed by atoms with E-state index in [2.05, 4.69) is 5.32 Å². The molecule has 2 N–H and O–H groups in total. The summed E-state index contributed by atoms with van der Waals surface area (Å²) in [6, 6.07) is 5.35. The second kappa shape index (κ2) is 7.38. The lowest BCUT2D eigenvalue weighted by Crippen LogP contribution is -2.52. The van der Waals surface area contributed by atoms with Crippen molar-refractivity contribution >= 4 is 17.7 Å². The van der Waals surface area contributed by atoms with Crippen LogP contribution in [0.15, 0.2) is 18.2 Å². The van der Waals surface area contributed by atoms with E-state index < -0.39 is 6.09 Å². The Labute approximate surface area is 128 Å². The van der Waals surface area contributed by atoms with Crippen molar-refractivity contribution in [3.63, 3.8) is 0 Å². The average molecular weight is 315 g/mol. The normalized spacial score (nSPS) is 18.4. The molecule has 0 bridgehead atoms. The van der Waals surface area contributed by atoms with Crippen LogP contribution in [-0.4, -0.2) is 55.5 Å². The first-order valence-corrected chi connectivity index (χ1v) is 7.15. The summed E-state index contributed by atoms with van der Waals surface area (Å²) in [5.74, 6) is 1.28. The SMILES string of the molecule is COc1ccc(OCC[C@@H]2CN(C(=O)O)CCN2)c(Cl)c1. The van der Waals surface area contributed by atoms with Gasteiger partial charge in [-0.15, -0.1) is 0 Å². The first-order valence-electron chi connectivity index (χ1n) is 6.77. The molecule has 0 aliphatic carbocycles. The molecule has 1 amide bonds. The van der Waals surface area contributed by atoms with Crippen LogP contribution in [0.2, 0.25) is 5.02 Å². The van der Waals surface area contributed by atoms with Crippen molar-refractivity contribution in [2.75, 3.05) is 33.4 Å². The Morgan fingerprint density at radius 1 is 1.57 bits per heavy atom. The summed E-state index contributed by atoms with van der Waals surface area (Å²) >= 11 is 6.09. The van der Waals surface area contributed by atoms with Gasteiger partial charge in [0.2, 0.25) is 0 Å². The lowest BCUT2D eigenvalue weighted by Gasteiger charge is -2.31. The number of halogens is 1. The van der Waals surface area contributed by atoms with Crippen LogP contribution >= 0.6 is 11.6 Å². The molecule has 7 heteroatoms. The van der Waals surface area contributed by atoms with Gasteiger partial charge in [0.05, 0.1) is 18.7 Å². The number of carbonyl (C=O) groups is 1. The highest BCUT2D eigenvalue weighted by Gasteiger charge is 2.22. The lowest BCUT2D eigenvalue weighted by atomic mass is 10.1. The van der Waals surface area contributed by atoms with E-state index in [0.29, 0.717) is 49.2 Å². The summed E-state index contributed by atoms with van der Waals surface area (Å²) in [5, 5.41) is 12.8. The highest BCUT2D eigenvalue weighted by molar-refractivity contribution is 6.32. The number of ether oxygens (including phenoxy) is 2. The fourth-order valence-corrected chi connectivity index (χ4v) is 2.45. The minimum absolute atomic E-state index is 0.104. The van der Waals surface area contributed by atoms with Gasteiger partial charge in [-0.3, -0.25) is 0 Å². The summed E-state index contributed by atoms with van der Waals surface area (Å²) in [6.07, 6.45) is -0.160. The van der Waals surface area contributed by atoms with Crippen LogP contribution in [0.3, 0.4) is 0 Å². The molecule has 1 aliphatic heterocycles. The fourth-order valence-electron chi connectivity index (χ4n) is 2.23. The Bertz CT molecular complexity index is 498. The summed E-state index contributed by atoms with van der Waals surface area (Å²) in [5.41, 5.74) is 0. The van der Waals surface area contributed by atoms with Gasteiger partial charge >= 0.3 is 6.09 Å². The Kier molecular flexibility index (Phi) is 5.52. The molecule has 2 rings (SSSR count). The highest BCUT2D eigenvalue weighted by atomic mass is 35.5. The minimum atomic E-state index is -0.874. The number of amides is 1. The summed E-state index contributed by atoms with van der Waals surface area (Å²) in [6.45, 7) is 2.14. The summed E-state index contributed by atoms with van der Waals surface area (Å²) in [4.78, 5) is 12.4. The molecule has 0 aromatic heterocycles. The number of hydrogen-bond donors (Lipinski definition) is 2. The van der Waals surface area contributed by atoms with Crippen molar-refractivity contribution in [2.24, 2.45) is 0 Å². The van der Waals surface area contributed by atoms with Crippen molar-refractivity contribution < 1.29 is 19.4 Å². The molecule has 0 radical (unpaired) electrons. The molecule has 0 spiro atoms. The van der Waals surface area contributed by atoms with Crippen LogP contribution in [0.4, 0.5) is 4.79 Å². The Morgan fingerprint density at radius 2 is 2.38 bits per heavy atom. The van der Waals surface area contributed by atoms with Crippen LogP contribution in [0.1, 0.15) is 6.42 Å². The molecule has 1 atom stereocenters. The van der Waals surface area contributed by atoms with Crippen molar-refractivity contribution in [3.8, 4) is 11.5 Å². The quantitative estimate of drug-likeness (QED) is 0.870. The maximum Gasteiger partial charge on any atom is 0.407 e. The van der Waals surface area contributed by atoms with E-state index in [1.54, 1.807) is 25.3 Å². The van der Waals surface area contributed by atoms with Crippen molar-refractivity contribution in [1.82, 2.24) is 10.2 Å². The van der Waals surface area contributed by atoms with Gasteiger partial charge in [-0.2, -0.15) is 0 Å². The van der Waals surface area contributed by atoms with E-state index in [1.165, 1.54) is 4.90 Å². The van der Waals surface area contributed by atoms with Gasteiger partial charge in [-0.25, -0.2) is 4.79 Å². The summed E-state index contributed by atoms with van der Waals surface area (Å²) in [7, 11) is 1.58. The molecule has 1 saturated heterocycles. The molecular weight excluding hydrogens is 296 g/mol. The van der Waals surface area contributed by atoms with Gasteiger partial charge in [0.1, 0.15) is 11.5 Å². The largest absolute Gasteiger partial charge is 0.497 e. The third-order valence-corrected chi connectivity index (χ3v) is 3.68. The van der Waals surface area contributed by atoms with Gasteiger partial charge < -0.3 is 24.8 Å². The maximum absolute atomic E-state index is 10.9. The van der Waals surface area contributed by atoms with Crippen LogP contribution in [0.25, 0.3) is 0 Å². The molecule has 0 saturated carbocycles. The number of carboxylic acid groups (broad SMARTS) is 1. The van der Waals surface area contributed by atoms with E-state index in [-0.39, 0.29) is 6.04 Å². The predicted molar refractivity (Wildman–Crippen MR) is 79.5 cm³/mol. The van der Waals surface area contributed by atoms with Gasteiger partial charge in [0, 0.05) is 31.7 Å². The molecule has 1 fully saturated rings. The van der Waals surface area contributed by atoms with Crippen molar-refractivity contribution in [1.29, 1.82) is 0 Å². The van der Waals surface area contributed by atoms with Crippen LogP contribution in [0, 0.1) is 0 Å². The molecular formula is C14H19ClN2O4. The second-order valence-electron chi connectivity index (χ2n) is 4.81. The maximum atomic E-state index is 10.9. The van der Waals surface area contributed by atoms with Crippen molar-refractivity contribution in [3.05, 3.63) is 23.2 Å². The molecule has 1 aromatic rings. The smallest absolute Gasteiger partial charge is 0.407 e. The Balaban J connectivity index is 1.80. The number of methoxy groups -OCH3 is 1. The molecule has 21 heavy (non-hydrogen) atoms. The number of nitrogens with one attached hydrogen (secondary N) is 1. The number of nitrogens with zero attached hydrogens (tertiary/aromatic N) is 1. The van der Waals surface area contributed by atoms with E-state index in [1.807, 2.05) is 0 Å². The van der Waals surface area contributed by atoms with Crippen LogP contribution in [0.5, 0.6) is 11.5 Å². The van der Waals surface area contributed by atoms with Gasteiger partial charge in [0.15, 0.2) is 0 Å². The molecule has 116 valence electrons. The number of benzene rings is 1. The lowest BCUT2D eigenvalue weighted by molar-refractivity contribution is 0.124. The van der Waals surface area contributed by atoms with Crippen LogP contribution < -0.4 is 14.8 Å². The van der Waals surface area contributed by atoms with Gasteiger partial charge in [-0.1, -0.05) is 11.6 Å². The zero-order valence-electron chi connectivity index (χ0n) is 11.8. The molecule has 1 aromatic carbocycles. The van der Waals surface area contributed by atoms with Gasteiger partial charge in [-0.05, 0) is 18.6 Å². The van der Waals surface area contributed by atoms with Gasteiger partial charge in [0.25, 0.3) is 0 Å². The minimum Gasteiger partial charge on any atom is -0.497 e. The molecule has 1 heterocycles. The Hall–Kier alpha value is -1.66. The molecule has 1 aliphatic rings. The predicted octanol–water partition coefficient (Wildman–Crippen LogP) is 2.07. The van der Waals surface area contributed by atoms with Crippen molar-refractivity contribution in [2.45, 2.75) is 12.5 Å². The van der Waals surface area contributed by atoms with E-state index >= 15 is 0 Å². The zero-order chi connectivity index (χ0) is 15.2. The summed E-state index contributed by atoms with van der Waals surface area (Å²) < 4.78 is 10.7. The average Bonchev–Trinajstić information content (AvgIpc) is 2.49.